The van der Waals surface area contributed by atoms with Crippen LogP contribution in [0.3, 0.4) is 0 Å². The summed E-state index contributed by atoms with van der Waals surface area (Å²) in [5.41, 5.74) is 1.19. The molecule has 3 rings (SSSR count). The first-order chi connectivity index (χ1) is 16.3. The van der Waals surface area contributed by atoms with Crippen molar-refractivity contribution in [3.8, 4) is 0 Å². The van der Waals surface area contributed by atoms with E-state index in [1.54, 1.807) is 6.07 Å². The van der Waals surface area contributed by atoms with Crippen LogP contribution in [-0.4, -0.2) is 35.2 Å². The number of urea groups is 1. The van der Waals surface area contributed by atoms with Gasteiger partial charge in [0.15, 0.2) is 0 Å². The lowest BCUT2D eigenvalue weighted by molar-refractivity contribution is -0.141. The zero-order valence-electron chi connectivity index (χ0n) is 20.2. The first-order valence-corrected chi connectivity index (χ1v) is 11.6. The highest BCUT2D eigenvalue weighted by Gasteiger charge is 2.44. The van der Waals surface area contributed by atoms with Gasteiger partial charge in [-0.3, -0.25) is 4.79 Å². The van der Waals surface area contributed by atoms with Crippen molar-refractivity contribution in [1.29, 1.82) is 0 Å². The largest absolute Gasteiger partial charge is 0.481 e. The number of hydrogen-bond acceptors (Lipinski definition) is 4. The number of pyridine rings is 1. The Hall–Kier alpha value is -3.30. The van der Waals surface area contributed by atoms with Crippen LogP contribution >= 0.6 is 0 Å². The van der Waals surface area contributed by atoms with Crippen molar-refractivity contribution in [3.63, 3.8) is 0 Å². The Morgan fingerprint density at radius 3 is 2.23 bits per heavy atom. The highest BCUT2D eigenvalue weighted by Crippen LogP contribution is 2.49. The van der Waals surface area contributed by atoms with Gasteiger partial charge in [0.05, 0.1) is 29.2 Å². The molecule has 1 aliphatic carbocycles. The number of halogens is 3. The topological polar surface area (TPSA) is 94.6 Å². The third kappa shape index (κ3) is 7.10. The molecule has 1 aliphatic rings. The van der Waals surface area contributed by atoms with E-state index in [1.165, 1.54) is 0 Å². The number of aromatic nitrogens is 1. The fraction of sp³-hybridized carbons (Fsp3) is 0.480. The van der Waals surface area contributed by atoms with Gasteiger partial charge in [-0.1, -0.05) is 33.8 Å². The monoisotopic (exact) mass is 492 g/mol. The van der Waals surface area contributed by atoms with Crippen molar-refractivity contribution < 1.29 is 27.9 Å². The quantitative estimate of drug-likeness (QED) is 0.396. The first kappa shape index (κ1) is 26.3. The molecule has 0 saturated heterocycles. The number of carbonyl (C=O) groups is 2. The summed E-state index contributed by atoms with van der Waals surface area (Å²) in [6.07, 6.45) is -3.08. The Morgan fingerprint density at radius 1 is 1.09 bits per heavy atom. The number of aliphatic carboxylic acids is 1. The van der Waals surface area contributed by atoms with Gasteiger partial charge in [-0.15, -0.1) is 0 Å². The van der Waals surface area contributed by atoms with E-state index in [0.29, 0.717) is 23.9 Å². The predicted molar refractivity (Wildman–Crippen MR) is 129 cm³/mol. The van der Waals surface area contributed by atoms with E-state index in [9.17, 15) is 27.9 Å². The SMILES string of the molecule is CC(C)CN(CC(C)C)c1ccc([C@@H]2C[C@@H]2C(=O)O)cc1NC(=O)Nc1ccc(C(F)(F)F)nc1. The lowest BCUT2D eigenvalue weighted by Gasteiger charge is -2.30. The van der Waals surface area contributed by atoms with Crippen molar-refractivity contribution in [2.24, 2.45) is 17.8 Å². The number of carboxylic acid groups (broad SMARTS) is 1. The molecule has 3 N–H and O–H groups in total. The fourth-order valence-corrected chi connectivity index (χ4v) is 4.07. The molecule has 190 valence electrons. The second-order valence-electron chi connectivity index (χ2n) is 9.77. The van der Waals surface area contributed by atoms with Crippen LogP contribution in [0.25, 0.3) is 0 Å². The van der Waals surface area contributed by atoms with Gasteiger partial charge in [-0.25, -0.2) is 9.78 Å². The molecule has 7 nitrogen and oxygen atoms in total. The molecule has 10 heteroatoms. The number of carbonyl (C=O) groups excluding carboxylic acids is 1. The molecule has 0 aliphatic heterocycles. The second kappa shape index (κ2) is 10.5. The maximum atomic E-state index is 12.8. The van der Waals surface area contributed by atoms with Gasteiger partial charge in [0.2, 0.25) is 0 Å². The smallest absolute Gasteiger partial charge is 0.433 e. The van der Waals surface area contributed by atoms with E-state index in [0.717, 1.165) is 42.7 Å². The van der Waals surface area contributed by atoms with Gasteiger partial charge in [0.1, 0.15) is 5.69 Å². The minimum Gasteiger partial charge on any atom is -0.481 e. The van der Waals surface area contributed by atoms with E-state index in [1.807, 2.05) is 12.1 Å². The van der Waals surface area contributed by atoms with Gasteiger partial charge >= 0.3 is 18.2 Å². The van der Waals surface area contributed by atoms with E-state index in [4.69, 9.17) is 0 Å². The van der Waals surface area contributed by atoms with Gasteiger partial charge in [-0.2, -0.15) is 13.2 Å². The molecule has 0 bridgehead atoms. The van der Waals surface area contributed by atoms with E-state index in [-0.39, 0.29) is 11.6 Å². The molecule has 1 heterocycles. The number of amides is 2. The highest BCUT2D eigenvalue weighted by atomic mass is 19.4. The number of nitrogens with one attached hydrogen (secondary N) is 2. The van der Waals surface area contributed by atoms with Crippen LogP contribution < -0.4 is 15.5 Å². The first-order valence-electron chi connectivity index (χ1n) is 11.6. The summed E-state index contributed by atoms with van der Waals surface area (Å²) in [6, 6.07) is 6.89. The summed E-state index contributed by atoms with van der Waals surface area (Å²) in [5.74, 6) is -0.695. The molecule has 1 fully saturated rings. The van der Waals surface area contributed by atoms with Gasteiger partial charge < -0.3 is 20.6 Å². The summed E-state index contributed by atoms with van der Waals surface area (Å²) in [4.78, 5) is 29.7. The van der Waals surface area contributed by atoms with Crippen molar-refractivity contribution >= 4 is 29.1 Å². The normalized spacial score (nSPS) is 17.4. The van der Waals surface area contributed by atoms with Crippen LogP contribution in [0, 0.1) is 17.8 Å². The minimum atomic E-state index is -4.57. The average Bonchev–Trinajstić information content (AvgIpc) is 3.53. The molecular formula is C25H31F3N4O3. The Kier molecular flexibility index (Phi) is 7.92. The van der Waals surface area contributed by atoms with Crippen LogP contribution in [0.5, 0.6) is 0 Å². The third-order valence-electron chi connectivity index (χ3n) is 5.63. The number of nitrogens with zero attached hydrogens (tertiary/aromatic N) is 2. The molecule has 0 spiro atoms. The van der Waals surface area contributed by atoms with Crippen molar-refractivity contribution in [2.45, 2.75) is 46.2 Å². The Morgan fingerprint density at radius 2 is 1.74 bits per heavy atom. The summed E-state index contributed by atoms with van der Waals surface area (Å²) >= 11 is 0. The van der Waals surface area contributed by atoms with Gasteiger partial charge in [-0.05, 0) is 54.0 Å². The lowest BCUT2D eigenvalue weighted by Crippen LogP contribution is -2.32. The van der Waals surface area contributed by atoms with Crippen LogP contribution in [0.2, 0.25) is 0 Å². The maximum Gasteiger partial charge on any atom is 0.433 e. The molecule has 1 saturated carbocycles. The van der Waals surface area contributed by atoms with Crippen LogP contribution in [0.4, 0.5) is 35.0 Å². The highest BCUT2D eigenvalue weighted by molar-refractivity contribution is 6.02. The minimum absolute atomic E-state index is 0.113. The fourth-order valence-electron chi connectivity index (χ4n) is 4.07. The Bertz CT molecular complexity index is 1040. The van der Waals surface area contributed by atoms with Crippen LogP contribution in [-0.2, 0) is 11.0 Å². The number of alkyl halides is 3. The molecule has 2 aromatic rings. The standard InChI is InChI=1S/C25H31F3N4O3/c1-14(2)12-32(13-15(3)4)21-7-5-16(18-10-19(18)23(33)34)9-20(21)31-24(35)30-17-6-8-22(29-11-17)25(26,27)28/h5-9,11,14-15,18-19H,10,12-13H2,1-4H3,(H,33,34)(H2,30,31,35)/t18-,19-/m0/s1. The Labute approximate surface area is 202 Å². The summed E-state index contributed by atoms with van der Waals surface area (Å²) in [5, 5.41) is 14.6. The van der Waals surface area contributed by atoms with E-state index < -0.39 is 29.8 Å². The van der Waals surface area contributed by atoms with Crippen LogP contribution in [0.1, 0.15) is 51.3 Å². The second-order valence-corrected chi connectivity index (χ2v) is 9.77. The third-order valence-corrected chi connectivity index (χ3v) is 5.63. The Balaban J connectivity index is 1.86. The van der Waals surface area contributed by atoms with Crippen molar-refractivity contribution in [2.75, 3.05) is 28.6 Å². The number of rotatable bonds is 9. The molecule has 0 radical (unpaired) electrons. The van der Waals surface area contributed by atoms with E-state index in [2.05, 4.69) is 48.2 Å². The molecule has 1 aromatic heterocycles. The number of hydrogen-bond donors (Lipinski definition) is 3. The number of anilines is 3. The zero-order valence-corrected chi connectivity index (χ0v) is 20.2. The lowest BCUT2D eigenvalue weighted by atomic mass is 10.0. The van der Waals surface area contributed by atoms with Crippen molar-refractivity contribution in [1.82, 2.24) is 4.98 Å². The molecule has 2 amide bonds. The molecule has 0 unspecified atom stereocenters. The number of carboxylic acids is 1. The number of benzene rings is 1. The summed E-state index contributed by atoms with van der Waals surface area (Å²) in [7, 11) is 0. The van der Waals surface area contributed by atoms with Gasteiger partial charge in [0, 0.05) is 13.1 Å². The van der Waals surface area contributed by atoms with Crippen LogP contribution in [0.15, 0.2) is 36.5 Å². The summed E-state index contributed by atoms with van der Waals surface area (Å²) < 4.78 is 38.3. The maximum absolute atomic E-state index is 12.8. The van der Waals surface area contributed by atoms with Gasteiger partial charge in [0.25, 0.3) is 0 Å². The predicted octanol–water partition coefficient (Wildman–Crippen LogP) is 6.05. The average molecular weight is 493 g/mol. The molecule has 1 aromatic carbocycles. The van der Waals surface area contributed by atoms with E-state index >= 15 is 0 Å². The zero-order chi connectivity index (χ0) is 25.9. The molecule has 2 atom stereocenters. The molecule has 35 heavy (non-hydrogen) atoms. The molecular weight excluding hydrogens is 461 g/mol. The van der Waals surface area contributed by atoms with Crippen molar-refractivity contribution in [3.05, 3.63) is 47.8 Å². The summed E-state index contributed by atoms with van der Waals surface area (Å²) in [6.45, 7) is 9.89.